The van der Waals surface area contributed by atoms with Gasteiger partial charge in [0.15, 0.2) is 17.5 Å². The predicted molar refractivity (Wildman–Crippen MR) is 250 cm³/mol. The van der Waals surface area contributed by atoms with Crippen LogP contribution in [0.3, 0.4) is 0 Å². The fraction of sp³-hybridized carbons (Fsp3) is 0. The number of benzene rings is 9. The normalized spacial score (nSPS) is 12.2. The molecule has 0 N–H and O–H groups in total. The molecule has 288 valence electrons. The molecule has 9 aromatic carbocycles. The minimum atomic E-state index is 0.517. The first-order chi connectivity index (χ1) is 30.7. The maximum absolute atomic E-state index is 6.61. The first-order valence-electron chi connectivity index (χ1n) is 20.7. The number of rotatable bonds is 4. The molecule has 7 heteroatoms. The zero-order valence-corrected chi connectivity index (χ0v) is 32.8. The van der Waals surface area contributed by atoms with Crippen LogP contribution in [0.1, 0.15) is 0 Å². The van der Waals surface area contributed by atoms with Crippen molar-refractivity contribution >= 4 is 98.4 Å². The quantitative estimate of drug-likeness (QED) is 0.176. The largest absolute Gasteiger partial charge is 0.456 e. The van der Waals surface area contributed by atoms with E-state index in [9.17, 15) is 0 Å². The highest BCUT2D eigenvalue weighted by Crippen LogP contribution is 2.42. The zero-order chi connectivity index (χ0) is 40.5. The van der Waals surface area contributed by atoms with Gasteiger partial charge in [-0.05, 0) is 95.7 Å². The Balaban J connectivity index is 1.09. The van der Waals surface area contributed by atoms with E-state index < -0.39 is 0 Å². The molecule has 0 bridgehead atoms. The summed E-state index contributed by atoms with van der Waals surface area (Å²) in [7, 11) is 0. The topological polar surface area (TPSA) is 83.0 Å². The van der Waals surface area contributed by atoms with Gasteiger partial charge < -0.3 is 17.8 Å². The smallest absolute Gasteiger partial charge is 0.166 e. The van der Waals surface area contributed by atoms with E-state index in [0.717, 1.165) is 110 Å². The summed E-state index contributed by atoms with van der Waals surface area (Å²) in [5.41, 5.74) is 10.4. The Hall–Kier alpha value is -8.55. The Morgan fingerprint density at radius 2 is 0.774 bits per heavy atom. The van der Waals surface area contributed by atoms with Gasteiger partial charge in [-0.2, -0.15) is 0 Å². The minimum Gasteiger partial charge on any atom is -0.456 e. The Kier molecular flexibility index (Phi) is 6.71. The Morgan fingerprint density at radius 3 is 1.39 bits per heavy atom. The summed E-state index contributed by atoms with van der Waals surface area (Å²) in [5.74, 6) is 1.60. The SMILES string of the molecule is c1ccc2cc3c(cc2c1)c1ccccc1n3-c1cc2c(cc1-c1nc(-c3ccc4oc5ccccc5c4c3)nc(-c3ccc4oc5ccccc5c4c3)n1)oc1ccccc12. The average Bonchev–Trinajstić information content (AvgIpc) is 4.08. The van der Waals surface area contributed by atoms with Crippen LogP contribution in [0, 0.1) is 0 Å². The van der Waals surface area contributed by atoms with Gasteiger partial charge >= 0.3 is 0 Å². The predicted octanol–water partition coefficient (Wildman–Crippen LogP) is 14.8. The van der Waals surface area contributed by atoms with Gasteiger partial charge in [0.25, 0.3) is 0 Å². The van der Waals surface area contributed by atoms with Gasteiger partial charge in [0.1, 0.15) is 33.5 Å². The second-order valence-corrected chi connectivity index (χ2v) is 16.0. The number of para-hydroxylation sites is 4. The molecule has 0 aliphatic heterocycles. The molecule has 7 nitrogen and oxygen atoms in total. The third kappa shape index (κ3) is 4.84. The highest BCUT2D eigenvalue weighted by atomic mass is 16.3. The number of nitrogens with zero attached hydrogens (tertiary/aromatic N) is 4. The lowest BCUT2D eigenvalue weighted by atomic mass is 10.0. The van der Waals surface area contributed by atoms with Gasteiger partial charge in [0.05, 0.1) is 16.7 Å². The van der Waals surface area contributed by atoms with E-state index in [4.69, 9.17) is 28.2 Å². The summed E-state index contributed by atoms with van der Waals surface area (Å²) >= 11 is 0. The maximum atomic E-state index is 6.61. The first-order valence-corrected chi connectivity index (χ1v) is 20.7. The van der Waals surface area contributed by atoms with Crippen molar-refractivity contribution in [1.29, 1.82) is 0 Å². The summed E-state index contributed by atoms with van der Waals surface area (Å²) in [5, 5.41) is 10.8. The molecular formula is C55H30N4O3. The number of hydrogen-bond acceptors (Lipinski definition) is 6. The molecule has 0 radical (unpaired) electrons. The summed E-state index contributed by atoms with van der Waals surface area (Å²) < 4.78 is 21.5. The maximum Gasteiger partial charge on any atom is 0.166 e. The standard InChI is InChI=1S/C55H30N4O3/c1-2-12-32-28-45-39(25-31(32)11-1)35-13-3-7-17-44(35)59(45)46-29-42-38-16-6-10-20-49(38)62-52(42)30-43(46)55-57-53(33-21-23-50-40(26-33)36-14-4-8-18-47(36)60-50)56-54(58-55)34-22-24-51-41(27-34)37-15-5-9-19-48(37)61-51/h1-30H. The van der Waals surface area contributed by atoms with Crippen LogP contribution in [0.25, 0.3) is 138 Å². The van der Waals surface area contributed by atoms with E-state index in [1.54, 1.807) is 0 Å². The molecular weight excluding hydrogens is 765 g/mol. The average molecular weight is 795 g/mol. The van der Waals surface area contributed by atoms with E-state index in [2.05, 4.69) is 114 Å². The van der Waals surface area contributed by atoms with Crippen molar-refractivity contribution in [2.24, 2.45) is 0 Å². The van der Waals surface area contributed by atoms with Crippen LogP contribution in [0.4, 0.5) is 0 Å². The van der Waals surface area contributed by atoms with E-state index in [0.29, 0.717) is 17.5 Å². The summed E-state index contributed by atoms with van der Waals surface area (Å²) in [6.07, 6.45) is 0. The lowest BCUT2D eigenvalue weighted by Crippen LogP contribution is -2.04. The molecule has 0 fully saturated rings. The molecule has 5 aromatic heterocycles. The van der Waals surface area contributed by atoms with Gasteiger partial charge in [-0.1, -0.05) is 97.1 Å². The van der Waals surface area contributed by atoms with Crippen molar-refractivity contribution < 1.29 is 13.3 Å². The highest BCUT2D eigenvalue weighted by molar-refractivity contribution is 6.15. The lowest BCUT2D eigenvalue weighted by Gasteiger charge is -2.15. The fourth-order valence-corrected chi connectivity index (χ4v) is 9.52. The van der Waals surface area contributed by atoms with E-state index >= 15 is 0 Å². The van der Waals surface area contributed by atoms with Crippen molar-refractivity contribution in [3.63, 3.8) is 0 Å². The molecule has 62 heavy (non-hydrogen) atoms. The number of aromatic nitrogens is 4. The Labute approximate surface area is 351 Å². The molecule has 0 saturated heterocycles. The minimum absolute atomic E-state index is 0.517. The fourth-order valence-electron chi connectivity index (χ4n) is 9.52. The number of furan rings is 3. The van der Waals surface area contributed by atoms with Crippen LogP contribution in [-0.4, -0.2) is 19.5 Å². The first kappa shape index (κ1) is 33.3. The molecule has 0 saturated carbocycles. The molecule has 0 spiro atoms. The third-order valence-corrected chi connectivity index (χ3v) is 12.4. The molecule has 0 unspecified atom stereocenters. The number of hydrogen-bond donors (Lipinski definition) is 0. The molecule has 0 atom stereocenters. The van der Waals surface area contributed by atoms with Crippen molar-refractivity contribution in [3.05, 3.63) is 182 Å². The summed E-state index contributed by atoms with van der Waals surface area (Å²) in [6.45, 7) is 0. The van der Waals surface area contributed by atoms with Gasteiger partial charge in [-0.15, -0.1) is 0 Å². The zero-order valence-electron chi connectivity index (χ0n) is 32.8. The monoisotopic (exact) mass is 794 g/mol. The van der Waals surface area contributed by atoms with Gasteiger partial charge in [-0.25, -0.2) is 15.0 Å². The van der Waals surface area contributed by atoms with Crippen LogP contribution >= 0.6 is 0 Å². The molecule has 0 aliphatic rings. The molecule has 14 rings (SSSR count). The van der Waals surface area contributed by atoms with Gasteiger partial charge in [0.2, 0.25) is 0 Å². The highest BCUT2D eigenvalue weighted by Gasteiger charge is 2.23. The van der Waals surface area contributed by atoms with Crippen molar-refractivity contribution in [3.8, 4) is 39.9 Å². The molecule has 14 aromatic rings. The van der Waals surface area contributed by atoms with Gasteiger partial charge in [0, 0.05) is 59.8 Å². The van der Waals surface area contributed by atoms with Crippen LogP contribution in [-0.2, 0) is 0 Å². The van der Waals surface area contributed by atoms with E-state index in [1.807, 2.05) is 72.8 Å². The third-order valence-electron chi connectivity index (χ3n) is 12.4. The molecule has 5 heterocycles. The van der Waals surface area contributed by atoms with Crippen LogP contribution in [0.5, 0.6) is 0 Å². The second kappa shape index (κ2) is 12.5. The van der Waals surface area contributed by atoms with Crippen LogP contribution < -0.4 is 0 Å². The molecule has 0 amide bonds. The summed E-state index contributed by atoms with van der Waals surface area (Å²) in [6, 6.07) is 62.9. The van der Waals surface area contributed by atoms with Crippen molar-refractivity contribution in [2.75, 3.05) is 0 Å². The second-order valence-electron chi connectivity index (χ2n) is 16.0. The van der Waals surface area contributed by atoms with Crippen LogP contribution in [0.15, 0.2) is 195 Å². The molecule has 0 aliphatic carbocycles. The van der Waals surface area contributed by atoms with E-state index in [-0.39, 0.29) is 0 Å². The number of fused-ring (bicyclic) bond motifs is 13. The van der Waals surface area contributed by atoms with Crippen LogP contribution in [0.2, 0.25) is 0 Å². The van der Waals surface area contributed by atoms with E-state index in [1.165, 1.54) is 10.8 Å². The van der Waals surface area contributed by atoms with Crippen molar-refractivity contribution in [1.82, 2.24) is 19.5 Å². The summed E-state index contributed by atoms with van der Waals surface area (Å²) in [4.78, 5) is 16.0. The lowest BCUT2D eigenvalue weighted by molar-refractivity contribution is 0.668. The Morgan fingerprint density at radius 1 is 0.306 bits per heavy atom. The van der Waals surface area contributed by atoms with Crippen molar-refractivity contribution in [2.45, 2.75) is 0 Å². The van der Waals surface area contributed by atoms with Gasteiger partial charge in [-0.3, -0.25) is 0 Å². The Bertz CT molecular complexity index is 4060.